The molecule has 1 aliphatic heterocycles. The van der Waals surface area contributed by atoms with Crippen molar-refractivity contribution in [2.24, 2.45) is 0 Å². The van der Waals surface area contributed by atoms with E-state index >= 15 is 0 Å². The van der Waals surface area contributed by atoms with Gasteiger partial charge in [-0.3, -0.25) is 0 Å². The molecule has 1 aliphatic rings. The van der Waals surface area contributed by atoms with Gasteiger partial charge >= 0.3 is 6.18 Å². The molecule has 0 radical (unpaired) electrons. The lowest BCUT2D eigenvalue weighted by Gasteiger charge is -2.38. The van der Waals surface area contributed by atoms with Gasteiger partial charge in [-0.2, -0.15) is 24.9 Å². The van der Waals surface area contributed by atoms with Crippen LogP contribution in [0.15, 0.2) is 12.1 Å². The van der Waals surface area contributed by atoms with Crippen LogP contribution in [0.3, 0.4) is 0 Å². The zero-order valence-corrected chi connectivity index (χ0v) is 14.1. The highest BCUT2D eigenvalue weighted by atomic mass is 32.2. The lowest BCUT2D eigenvalue weighted by molar-refractivity contribution is -0.256. The maximum absolute atomic E-state index is 13.8. The molecule has 2 rings (SSSR count). The second-order valence-electron chi connectivity index (χ2n) is 6.56. The summed E-state index contributed by atoms with van der Waals surface area (Å²) in [6, 6.07) is 2.56. The van der Waals surface area contributed by atoms with Crippen LogP contribution in [0.5, 0.6) is 5.75 Å². The molecule has 1 aromatic rings. The Morgan fingerprint density at radius 3 is 2.48 bits per heavy atom. The van der Waals surface area contributed by atoms with Gasteiger partial charge in [0.25, 0.3) is 0 Å². The number of fused-ring (bicyclic) bond motifs is 1. The first-order valence-corrected chi connectivity index (χ1v) is 8.63. The fourth-order valence-corrected chi connectivity index (χ4v) is 3.81. The second kappa shape index (κ2) is 6.16. The summed E-state index contributed by atoms with van der Waals surface area (Å²) in [5, 5.41) is 10.2. The molecule has 0 unspecified atom stereocenters. The number of hydrogen-bond acceptors (Lipinski definition) is 3. The molecule has 0 aliphatic carbocycles. The first-order valence-electron chi connectivity index (χ1n) is 7.24. The van der Waals surface area contributed by atoms with Gasteiger partial charge in [-0.15, -0.1) is 0 Å². The van der Waals surface area contributed by atoms with Gasteiger partial charge in [0.1, 0.15) is 11.6 Å². The minimum absolute atomic E-state index is 0.369. The van der Waals surface area contributed by atoms with Crippen molar-refractivity contribution in [3.8, 4) is 5.75 Å². The van der Waals surface area contributed by atoms with Crippen LogP contribution in [0, 0.1) is 5.82 Å². The average molecular weight is 352 g/mol. The number of thioether (sulfide) groups is 1. The van der Waals surface area contributed by atoms with E-state index in [1.807, 2.05) is 0 Å². The summed E-state index contributed by atoms with van der Waals surface area (Å²) in [5.41, 5.74) is -2.91. The number of alkyl halides is 3. The topological polar surface area (TPSA) is 29.5 Å². The van der Waals surface area contributed by atoms with Crippen molar-refractivity contribution < 1.29 is 27.4 Å². The van der Waals surface area contributed by atoms with E-state index in [0.29, 0.717) is 29.9 Å². The zero-order chi connectivity index (χ0) is 17.5. The van der Waals surface area contributed by atoms with E-state index in [-0.39, 0.29) is 0 Å². The molecule has 0 aromatic heterocycles. The van der Waals surface area contributed by atoms with Gasteiger partial charge in [-0.25, -0.2) is 4.39 Å². The van der Waals surface area contributed by atoms with Crippen LogP contribution >= 0.6 is 11.8 Å². The molecule has 1 heterocycles. The summed E-state index contributed by atoms with van der Waals surface area (Å²) < 4.78 is 59.3. The molecule has 0 saturated carbocycles. The number of aliphatic hydroxyl groups is 1. The third-order valence-corrected chi connectivity index (χ3v) is 4.89. The van der Waals surface area contributed by atoms with E-state index < -0.39 is 35.2 Å². The van der Waals surface area contributed by atoms with Gasteiger partial charge in [0.05, 0.1) is 6.61 Å². The van der Waals surface area contributed by atoms with E-state index in [9.17, 15) is 22.7 Å². The van der Waals surface area contributed by atoms with Crippen molar-refractivity contribution in [2.45, 2.75) is 43.9 Å². The minimum atomic E-state index is -4.76. The molecular formula is C16H20F4O2S. The summed E-state index contributed by atoms with van der Waals surface area (Å²) in [6.07, 6.45) is -3.29. The third kappa shape index (κ3) is 3.60. The Labute approximate surface area is 137 Å². The zero-order valence-electron chi connectivity index (χ0n) is 13.3. The largest absolute Gasteiger partial charge is 0.493 e. The number of ether oxygens (including phenoxy) is 1. The average Bonchev–Trinajstić information content (AvgIpc) is 2.83. The number of rotatable bonds is 5. The summed E-state index contributed by atoms with van der Waals surface area (Å²) in [7, 11) is 0. The predicted molar refractivity (Wildman–Crippen MR) is 82.6 cm³/mol. The molecule has 0 bridgehead atoms. The number of benzene rings is 1. The van der Waals surface area contributed by atoms with Gasteiger partial charge in [-0.1, -0.05) is 13.8 Å². The van der Waals surface area contributed by atoms with Crippen molar-refractivity contribution in [3.63, 3.8) is 0 Å². The van der Waals surface area contributed by atoms with Crippen LogP contribution in [0.25, 0.3) is 0 Å². The highest BCUT2D eigenvalue weighted by molar-refractivity contribution is 7.98. The molecule has 2 nitrogen and oxygen atoms in total. The molecule has 0 amide bonds. The van der Waals surface area contributed by atoms with Crippen LogP contribution in [0.1, 0.15) is 31.4 Å². The lowest BCUT2D eigenvalue weighted by atomic mass is 9.74. The first kappa shape index (κ1) is 18.4. The third-order valence-electron chi connectivity index (χ3n) is 4.12. The molecule has 0 fully saturated rings. The van der Waals surface area contributed by atoms with Crippen molar-refractivity contribution in [1.82, 2.24) is 0 Å². The van der Waals surface area contributed by atoms with Crippen LogP contribution < -0.4 is 4.74 Å². The maximum atomic E-state index is 13.8. The monoisotopic (exact) mass is 352 g/mol. The summed E-state index contributed by atoms with van der Waals surface area (Å²) in [6.45, 7) is 3.53. The van der Waals surface area contributed by atoms with Crippen LogP contribution in [0.4, 0.5) is 17.6 Å². The SMILES string of the molecule is CSC[C@](O)(CC(C)(C)c1cc(F)cc2c1OCC2)C(F)(F)F. The first-order chi connectivity index (χ1) is 10.5. The van der Waals surface area contributed by atoms with Crippen LogP contribution in [-0.2, 0) is 11.8 Å². The predicted octanol–water partition coefficient (Wildman–Crippen LogP) is 4.08. The highest BCUT2D eigenvalue weighted by Crippen LogP contribution is 2.46. The molecule has 1 aromatic carbocycles. The van der Waals surface area contributed by atoms with Crippen molar-refractivity contribution in [3.05, 3.63) is 29.1 Å². The second-order valence-corrected chi connectivity index (χ2v) is 7.43. The van der Waals surface area contributed by atoms with Crippen molar-refractivity contribution in [1.29, 1.82) is 0 Å². The van der Waals surface area contributed by atoms with E-state index in [1.54, 1.807) is 13.8 Å². The fourth-order valence-electron chi connectivity index (χ4n) is 3.07. The fraction of sp³-hybridized carbons (Fsp3) is 0.625. The van der Waals surface area contributed by atoms with Crippen molar-refractivity contribution in [2.75, 3.05) is 18.6 Å². The van der Waals surface area contributed by atoms with E-state index in [1.165, 1.54) is 18.4 Å². The van der Waals surface area contributed by atoms with Crippen LogP contribution in [-0.4, -0.2) is 35.5 Å². The Hall–Kier alpha value is -0.950. The highest BCUT2D eigenvalue weighted by Gasteiger charge is 2.55. The molecule has 130 valence electrons. The van der Waals surface area contributed by atoms with E-state index in [2.05, 4.69) is 0 Å². The molecule has 0 spiro atoms. The quantitative estimate of drug-likeness (QED) is 0.810. The van der Waals surface area contributed by atoms with Crippen LogP contribution in [0.2, 0.25) is 0 Å². The lowest BCUT2D eigenvalue weighted by Crippen LogP contribution is -2.51. The summed E-state index contributed by atoms with van der Waals surface area (Å²) >= 11 is 0.925. The van der Waals surface area contributed by atoms with Gasteiger partial charge in [-0.05, 0) is 30.2 Å². The standard InChI is InChI=1S/C16H20F4O2S/c1-14(2,8-15(21,9-23-3)16(18,19)20)12-7-11(17)6-10-4-5-22-13(10)12/h6-7,21H,4-5,8-9H2,1-3H3/t15-/m1/s1. The Balaban J connectivity index is 2.42. The summed E-state index contributed by atoms with van der Waals surface area (Å²) in [5.74, 6) is -0.527. The Morgan fingerprint density at radius 1 is 1.26 bits per heavy atom. The van der Waals surface area contributed by atoms with Gasteiger partial charge in [0.2, 0.25) is 0 Å². The Bertz CT molecular complexity index is 586. The molecular weight excluding hydrogens is 332 g/mol. The molecule has 1 N–H and O–H groups in total. The number of halogens is 4. The molecule has 23 heavy (non-hydrogen) atoms. The normalized spacial score (nSPS) is 17.6. The van der Waals surface area contributed by atoms with E-state index in [0.717, 1.165) is 11.8 Å². The van der Waals surface area contributed by atoms with Gasteiger partial charge in [0, 0.05) is 23.3 Å². The van der Waals surface area contributed by atoms with Gasteiger partial charge in [0.15, 0.2) is 5.60 Å². The summed E-state index contributed by atoms with van der Waals surface area (Å²) in [4.78, 5) is 0. The smallest absolute Gasteiger partial charge is 0.418 e. The Morgan fingerprint density at radius 2 is 1.91 bits per heavy atom. The Kier molecular flexibility index (Phi) is 4.93. The molecule has 7 heteroatoms. The number of hydrogen-bond donors (Lipinski definition) is 1. The van der Waals surface area contributed by atoms with E-state index in [4.69, 9.17) is 4.74 Å². The molecule has 0 saturated heterocycles. The maximum Gasteiger partial charge on any atom is 0.418 e. The van der Waals surface area contributed by atoms with Gasteiger partial charge < -0.3 is 9.84 Å². The van der Waals surface area contributed by atoms with Crippen molar-refractivity contribution >= 4 is 11.8 Å². The minimum Gasteiger partial charge on any atom is -0.493 e. The molecule has 1 atom stereocenters.